The van der Waals surface area contributed by atoms with E-state index in [9.17, 15) is 13.6 Å². The Morgan fingerprint density at radius 3 is 2.50 bits per heavy atom. The summed E-state index contributed by atoms with van der Waals surface area (Å²) in [5.41, 5.74) is 0.182. The molecule has 0 unspecified atom stereocenters. The third-order valence-corrected chi connectivity index (χ3v) is 3.01. The van der Waals surface area contributed by atoms with E-state index in [1.165, 1.54) is 23.4 Å². The van der Waals surface area contributed by atoms with E-state index >= 15 is 0 Å². The molecule has 0 atom stereocenters. The van der Waals surface area contributed by atoms with Crippen LogP contribution in [0.1, 0.15) is 10.4 Å². The molecule has 0 fully saturated rings. The third-order valence-electron chi connectivity index (χ3n) is 3.01. The lowest BCUT2D eigenvalue weighted by Gasteiger charge is -2.19. The summed E-state index contributed by atoms with van der Waals surface area (Å²) in [5.74, 6) is -1.96. The van der Waals surface area contributed by atoms with Gasteiger partial charge in [-0.05, 0) is 12.1 Å². The van der Waals surface area contributed by atoms with Crippen molar-refractivity contribution in [3.63, 3.8) is 0 Å². The van der Waals surface area contributed by atoms with Gasteiger partial charge in [0, 0.05) is 25.4 Å². The van der Waals surface area contributed by atoms with Crippen molar-refractivity contribution in [3.05, 3.63) is 47.8 Å². The molecule has 1 heterocycles. The van der Waals surface area contributed by atoms with Crippen molar-refractivity contribution in [2.24, 2.45) is 0 Å². The fraction of sp³-hybridized carbons (Fsp3) is 0.286. The minimum atomic E-state index is -0.801. The Kier molecular flexibility index (Phi) is 5.18. The summed E-state index contributed by atoms with van der Waals surface area (Å²) in [6, 6.07) is 3.03. The summed E-state index contributed by atoms with van der Waals surface area (Å²) in [5, 5.41) is 21.7. The van der Waals surface area contributed by atoms with E-state index < -0.39 is 17.5 Å². The standard InChI is InChI=1S/C14H15F2N3O3/c15-11-1-2-13(12(16)7-11)19-9-10(8-17-19)14(22)18(3-5-20)4-6-21/h1-2,7-9,20-21H,3-6H2. The van der Waals surface area contributed by atoms with Crippen molar-refractivity contribution >= 4 is 5.91 Å². The molecule has 0 aliphatic heterocycles. The molecule has 0 bridgehead atoms. The number of rotatable bonds is 6. The lowest BCUT2D eigenvalue weighted by Crippen LogP contribution is -2.35. The molecule has 22 heavy (non-hydrogen) atoms. The third kappa shape index (κ3) is 3.46. The van der Waals surface area contributed by atoms with Crippen LogP contribution in [0.25, 0.3) is 5.69 Å². The quantitative estimate of drug-likeness (QED) is 0.818. The number of aliphatic hydroxyl groups is 2. The number of nitrogens with zero attached hydrogens (tertiary/aromatic N) is 3. The second-order valence-electron chi connectivity index (χ2n) is 4.51. The first-order valence-electron chi connectivity index (χ1n) is 6.58. The van der Waals surface area contributed by atoms with Crippen LogP contribution in [-0.2, 0) is 0 Å². The molecule has 1 amide bonds. The Morgan fingerprint density at radius 1 is 1.23 bits per heavy atom. The van der Waals surface area contributed by atoms with Crippen LogP contribution < -0.4 is 0 Å². The minimum absolute atomic E-state index is 0.0105. The largest absolute Gasteiger partial charge is 0.395 e. The van der Waals surface area contributed by atoms with Crippen molar-refractivity contribution < 1.29 is 23.8 Å². The van der Waals surface area contributed by atoms with Gasteiger partial charge in [-0.1, -0.05) is 0 Å². The average molecular weight is 311 g/mol. The summed E-state index contributed by atoms with van der Waals surface area (Å²) in [4.78, 5) is 13.5. The zero-order valence-corrected chi connectivity index (χ0v) is 11.6. The van der Waals surface area contributed by atoms with Crippen LogP contribution >= 0.6 is 0 Å². The van der Waals surface area contributed by atoms with Crippen molar-refractivity contribution in [3.8, 4) is 5.69 Å². The summed E-state index contributed by atoms with van der Waals surface area (Å²) < 4.78 is 27.7. The molecule has 1 aromatic heterocycles. The molecule has 6 nitrogen and oxygen atoms in total. The number of aliphatic hydroxyl groups excluding tert-OH is 2. The normalized spacial score (nSPS) is 10.7. The van der Waals surface area contributed by atoms with Crippen molar-refractivity contribution in [1.29, 1.82) is 0 Å². The highest BCUT2D eigenvalue weighted by atomic mass is 19.1. The summed E-state index contributed by atoms with van der Waals surface area (Å²) in [6.45, 7) is -0.357. The second kappa shape index (κ2) is 7.10. The number of hydrogen-bond acceptors (Lipinski definition) is 4. The van der Waals surface area contributed by atoms with Gasteiger partial charge in [0.1, 0.15) is 11.5 Å². The fourth-order valence-electron chi connectivity index (χ4n) is 1.97. The molecule has 2 rings (SSSR count). The first-order valence-corrected chi connectivity index (χ1v) is 6.58. The lowest BCUT2D eigenvalue weighted by molar-refractivity contribution is 0.0685. The summed E-state index contributed by atoms with van der Waals surface area (Å²) >= 11 is 0. The van der Waals surface area contributed by atoms with Gasteiger partial charge >= 0.3 is 0 Å². The monoisotopic (exact) mass is 311 g/mol. The fourth-order valence-corrected chi connectivity index (χ4v) is 1.97. The highest BCUT2D eigenvalue weighted by Crippen LogP contribution is 2.15. The maximum atomic E-state index is 13.7. The molecule has 8 heteroatoms. The number of benzene rings is 1. The zero-order valence-electron chi connectivity index (χ0n) is 11.6. The van der Waals surface area contributed by atoms with Crippen LogP contribution in [0.4, 0.5) is 8.78 Å². The van der Waals surface area contributed by atoms with E-state index in [1.807, 2.05) is 0 Å². The summed E-state index contributed by atoms with van der Waals surface area (Å²) in [6.07, 6.45) is 2.55. The van der Waals surface area contributed by atoms with Gasteiger partial charge in [-0.2, -0.15) is 5.10 Å². The second-order valence-corrected chi connectivity index (χ2v) is 4.51. The molecule has 0 saturated carbocycles. The van der Waals surface area contributed by atoms with Crippen LogP contribution in [0.5, 0.6) is 0 Å². The van der Waals surface area contributed by atoms with E-state index in [0.717, 1.165) is 16.8 Å². The average Bonchev–Trinajstić information content (AvgIpc) is 2.96. The molecule has 118 valence electrons. The van der Waals surface area contributed by atoms with Crippen molar-refractivity contribution in [2.45, 2.75) is 0 Å². The highest BCUT2D eigenvalue weighted by Gasteiger charge is 2.17. The first-order chi connectivity index (χ1) is 10.6. The number of carbonyl (C=O) groups is 1. The molecule has 0 spiro atoms. The molecular formula is C14H15F2N3O3. The van der Waals surface area contributed by atoms with Crippen LogP contribution in [-0.4, -0.2) is 57.1 Å². The van der Waals surface area contributed by atoms with E-state index in [-0.39, 0.29) is 37.6 Å². The van der Waals surface area contributed by atoms with Gasteiger partial charge in [0.2, 0.25) is 0 Å². The van der Waals surface area contributed by atoms with Gasteiger partial charge in [0.25, 0.3) is 5.91 Å². The van der Waals surface area contributed by atoms with Crippen molar-refractivity contribution in [2.75, 3.05) is 26.3 Å². The molecule has 0 radical (unpaired) electrons. The SMILES string of the molecule is O=C(c1cnn(-c2ccc(F)cc2F)c1)N(CCO)CCO. The smallest absolute Gasteiger partial charge is 0.257 e. The topological polar surface area (TPSA) is 78.6 Å². The molecule has 2 aromatic rings. The number of halogens is 2. The summed E-state index contributed by atoms with van der Waals surface area (Å²) in [7, 11) is 0. The Hall–Kier alpha value is -2.32. The van der Waals surface area contributed by atoms with Gasteiger partial charge in [-0.15, -0.1) is 0 Å². The van der Waals surface area contributed by atoms with Crippen LogP contribution in [0.3, 0.4) is 0 Å². The molecule has 0 aliphatic rings. The Bertz CT molecular complexity index is 655. The Balaban J connectivity index is 2.25. The van der Waals surface area contributed by atoms with E-state index in [4.69, 9.17) is 10.2 Å². The van der Waals surface area contributed by atoms with E-state index in [1.54, 1.807) is 0 Å². The molecule has 2 N–H and O–H groups in total. The highest BCUT2D eigenvalue weighted by molar-refractivity contribution is 5.93. The van der Waals surface area contributed by atoms with Crippen LogP contribution in [0, 0.1) is 11.6 Å². The number of aromatic nitrogens is 2. The van der Waals surface area contributed by atoms with Crippen LogP contribution in [0.15, 0.2) is 30.6 Å². The van der Waals surface area contributed by atoms with E-state index in [2.05, 4.69) is 5.10 Å². The number of amides is 1. The van der Waals surface area contributed by atoms with Gasteiger partial charge in [0.15, 0.2) is 5.82 Å². The Morgan fingerprint density at radius 2 is 1.91 bits per heavy atom. The maximum absolute atomic E-state index is 13.7. The molecule has 1 aromatic carbocycles. The Labute approximate surface area is 125 Å². The van der Waals surface area contributed by atoms with Crippen LogP contribution in [0.2, 0.25) is 0 Å². The molecule has 0 aliphatic carbocycles. The number of carbonyl (C=O) groups excluding carboxylic acids is 1. The molecule has 0 saturated heterocycles. The lowest BCUT2D eigenvalue weighted by atomic mass is 10.3. The predicted molar refractivity (Wildman–Crippen MR) is 73.6 cm³/mol. The predicted octanol–water partition coefficient (Wildman–Crippen LogP) is 0.577. The van der Waals surface area contributed by atoms with Gasteiger partial charge in [-0.25, -0.2) is 13.5 Å². The maximum Gasteiger partial charge on any atom is 0.257 e. The van der Waals surface area contributed by atoms with Crippen molar-refractivity contribution in [1.82, 2.24) is 14.7 Å². The van der Waals surface area contributed by atoms with Gasteiger partial charge in [-0.3, -0.25) is 4.79 Å². The van der Waals surface area contributed by atoms with Gasteiger partial charge < -0.3 is 15.1 Å². The first kappa shape index (κ1) is 16.1. The van der Waals surface area contributed by atoms with Gasteiger partial charge in [0.05, 0.1) is 25.0 Å². The molecular weight excluding hydrogens is 296 g/mol. The number of hydrogen-bond donors (Lipinski definition) is 2. The minimum Gasteiger partial charge on any atom is -0.395 e. The van der Waals surface area contributed by atoms with E-state index in [0.29, 0.717) is 0 Å². The zero-order chi connectivity index (χ0) is 16.1.